The van der Waals surface area contributed by atoms with Gasteiger partial charge in [0.2, 0.25) is 5.91 Å². The minimum absolute atomic E-state index is 0.107. The fraction of sp³-hybridized carbons (Fsp3) is 0.409. The molecule has 0 bridgehead atoms. The molecule has 7 heteroatoms. The Balaban J connectivity index is 1.83. The van der Waals surface area contributed by atoms with Crippen molar-refractivity contribution in [2.24, 2.45) is 14.1 Å². The van der Waals surface area contributed by atoms with Crippen molar-refractivity contribution in [2.45, 2.75) is 44.7 Å². The number of fused-ring (bicyclic) bond motifs is 1. The molecule has 1 fully saturated rings. The molecule has 7 nitrogen and oxygen atoms in total. The van der Waals surface area contributed by atoms with Crippen molar-refractivity contribution in [3.8, 4) is 11.1 Å². The molecule has 3 aromatic rings. The van der Waals surface area contributed by atoms with Gasteiger partial charge in [0.1, 0.15) is 12.1 Å². The topological polar surface area (TPSA) is 78.0 Å². The van der Waals surface area contributed by atoms with E-state index in [1.165, 1.54) is 18.0 Å². The first-order chi connectivity index (χ1) is 14.0. The van der Waals surface area contributed by atoms with Crippen molar-refractivity contribution < 1.29 is 4.79 Å². The zero-order chi connectivity index (χ0) is 20.5. The van der Waals surface area contributed by atoms with Gasteiger partial charge in [0.05, 0.1) is 5.52 Å². The molecule has 1 N–H and O–H groups in total. The highest BCUT2D eigenvalue weighted by Gasteiger charge is 2.22. The predicted octanol–water partition coefficient (Wildman–Crippen LogP) is 2.15. The summed E-state index contributed by atoms with van der Waals surface area (Å²) in [7, 11) is 3.24. The molecule has 4 rings (SSSR count). The quantitative estimate of drug-likeness (QED) is 0.737. The van der Waals surface area contributed by atoms with Crippen LogP contribution in [0, 0.1) is 0 Å². The molecule has 1 saturated carbocycles. The van der Waals surface area contributed by atoms with Gasteiger partial charge in [0.25, 0.3) is 5.56 Å². The maximum Gasteiger partial charge on any atom is 0.331 e. The second kappa shape index (κ2) is 7.73. The Hall–Kier alpha value is -3.09. The molecule has 0 unspecified atom stereocenters. The van der Waals surface area contributed by atoms with Gasteiger partial charge < -0.3 is 9.88 Å². The number of nitrogens with zero attached hydrogens (tertiary/aromatic N) is 3. The van der Waals surface area contributed by atoms with Gasteiger partial charge in [0, 0.05) is 31.9 Å². The normalized spacial score (nSPS) is 15.0. The second-order valence-corrected chi connectivity index (χ2v) is 7.85. The molecule has 1 aliphatic rings. The van der Waals surface area contributed by atoms with Crippen LogP contribution in [0.5, 0.6) is 0 Å². The van der Waals surface area contributed by atoms with Crippen LogP contribution in [-0.2, 0) is 25.4 Å². The Morgan fingerprint density at radius 3 is 2.41 bits per heavy atom. The molecule has 0 saturated heterocycles. The van der Waals surface area contributed by atoms with Crippen molar-refractivity contribution in [1.29, 1.82) is 0 Å². The summed E-state index contributed by atoms with van der Waals surface area (Å²) in [6.07, 6.45) is 7.24. The van der Waals surface area contributed by atoms with Crippen LogP contribution in [0.3, 0.4) is 0 Å². The summed E-state index contributed by atoms with van der Waals surface area (Å²) in [4.78, 5) is 38.5. The Kier molecular flexibility index (Phi) is 5.13. The first-order valence-corrected chi connectivity index (χ1v) is 10.1. The predicted molar refractivity (Wildman–Crippen MR) is 113 cm³/mol. The third-order valence-electron chi connectivity index (χ3n) is 5.81. The largest absolute Gasteiger partial charge is 0.352 e. The molecule has 2 heterocycles. The Morgan fingerprint density at radius 1 is 1.03 bits per heavy atom. The summed E-state index contributed by atoms with van der Waals surface area (Å²) in [5, 5.41) is 3.07. The molecule has 1 aliphatic carbocycles. The van der Waals surface area contributed by atoms with E-state index >= 15 is 0 Å². The van der Waals surface area contributed by atoms with E-state index in [0.29, 0.717) is 11.0 Å². The number of amides is 1. The van der Waals surface area contributed by atoms with Gasteiger partial charge in [-0.25, -0.2) is 4.79 Å². The van der Waals surface area contributed by atoms with Crippen LogP contribution in [0.15, 0.2) is 46.1 Å². The summed E-state index contributed by atoms with van der Waals surface area (Å²) in [5.74, 6) is -0.193. The van der Waals surface area contributed by atoms with Crippen LogP contribution in [0.1, 0.15) is 32.1 Å². The molecule has 1 aromatic carbocycles. The highest BCUT2D eigenvalue weighted by molar-refractivity contribution is 5.93. The standard InChI is InChI=1S/C22H26N4O3/c1-24-13-17(15-9-5-3-6-10-15)19-20(24)21(28)25(2)22(29)26(19)14-18(27)23-16-11-7-4-8-12-16/h3,5-6,9-10,13,16H,4,7-8,11-12,14H2,1-2H3,(H,23,27). The lowest BCUT2D eigenvalue weighted by molar-refractivity contribution is -0.122. The van der Waals surface area contributed by atoms with E-state index in [4.69, 9.17) is 0 Å². The fourth-order valence-electron chi connectivity index (χ4n) is 4.30. The van der Waals surface area contributed by atoms with Crippen molar-refractivity contribution in [1.82, 2.24) is 19.0 Å². The first kappa shape index (κ1) is 19.2. The van der Waals surface area contributed by atoms with Crippen LogP contribution < -0.4 is 16.6 Å². The molecule has 0 radical (unpaired) electrons. The number of rotatable bonds is 4. The minimum atomic E-state index is -0.482. The van der Waals surface area contributed by atoms with Crippen LogP contribution in [0.4, 0.5) is 0 Å². The van der Waals surface area contributed by atoms with Gasteiger partial charge in [-0.1, -0.05) is 49.6 Å². The summed E-state index contributed by atoms with van der Waals surface area (Å²) in [5.41, 5.74) is 1.74. The fourth-order valence-corrected chi connectivity index (χ4v) is 4.30. The maximum absolute atomic E-state index is 13.0. The highest BCUT2D eigenvalue weighted by Crippen LogP contribution is 2.28. The van der Waals surface area contributed by atoms with Gasteiger partial charge in [-0.2, -0.15) is 0 Å². The van der Waals surface area contributed by atoms with Crippen LogP contribution >= 0.6 is 0 Å². The average molecular weight is 394 g/mol. The van der Waals surface area contributed by atoms with E-state index in [9.17, 15) is 14.4 Å². The first-order valence-electron chi connectivity index (χ1n) is 10.1. The van der Waals surface area contributed by atoms with Crippen molar-refractivity contribution >= 4 is 16.9 Å². The van der Waals surface area contributed by atoms with Crippen molar-refractivity contribution in [3.63, 3.8) is 0 Å². The average Bonchev–Trinajstić information content (AvgIpc) is 3.08. The molecule has 2 aromatic heterocycles. The molecular formula is C22H26N4O3. The number of hydrogen-bond donors (Lipinski definition) is 1. The van der Waals surface area contributed by atoms with E-state index in [1.807, 2.05) is 36.5 Å². The van der Waals surface area contributed by atoms with E-state index in [-0.39, 0.29) is 24.1 Å². The molecule has 0 atom stereocenters. The summed E-state index contributed by atoms with van der Waals surface area (Å²) in [6.45, 7) is -0.107. The second-order valence-electron chi connectivity index (χ2n) is 7.85. The van der Waals surface area contributed by atoms with Crippen molar-refractivity contribution in [2.75, 3.05) is 0 Å². The van der Waals surface area contributed by atoms with E-state index < -0.39 is 5.69 Å². The third-order valence-corrected chi connectivity index (χ3v) is 5.81. The zero-order valence-electron chi connectivity index (χ0n) is 16.9. The Labute approximate surface area is 168 Å². The molecule has 0 aliphatic heterocycles. The number of carbonyl (C=O) groups excluding carboxylic acids is 1. The lowest BCUT2D eigenvalue weighted by Gasteiger charge is -2.23. The third kappa shape index (κ3) is 3.52. The van der Waals surface area contributed by atoms with Crippen LogP contribution in [0.25, 0.3) is 22.2 Å². The molecular weight excluding hydrogens is 368 g/mol. The lowest BCUT2D eigenvalue weighted by Crippen LogP contribution is -2.43. The van der Waals surface area contributed by atoms with Gasteiger partial charge in [0.15, 0.2) is 0 Å². The molecule has 29 heavy (non-hydrogen) atoms. The van der Waals surface area contributed by atoms with Gasteiger partial charge in [-0.05, 0) is 18.4 Å². The summed E-state index contributed by atoms with van der Waals surface area (Å²) < 4.78 is 4.23. The summed E-state index contributed by atoms with van der Waals surface area (Å²) in [6, 6.07) is 9.77. The monoisotopic (exact) mass is 394 g/mol. The van der Waals surface area contributed by atoms with E-state index in [2.05, 4.69) is 5.32 Å². The van der Waals surface area contributed by atoms with Crippen molar-refractivity contribution in [3.05, 3.63) is 57.4 Å². The molecule has 152 valence electrons. The highest BCUT2D eigenvalue weighted by atomic mass is 16.2. The number of benzene rings is 1. The number of aryl methyl sites for hydroxylation is 1. The van der Waals surface area contributed by atoms with Gasteiger partial charge in [-0.3, -0.25) is 18.7 Å². The van der Waals surface area contributed by atoms with E-state index in [1.54, 1.807) is 11.6 Å². The Bertz CT molecular complexity index is 1160. The Morgan fingerprint density at radius 2 is 1.72 bits per heavy atom. The van der Waals surface area contributed by atoms with Gasteiger partial charge >= 0.3 is 5.69 Å². The number of nitrogens with one attached hydrogen (secondary N) is 1. The maximum atomic E-state index is 13.0. The van der Waals surface area contributed by atoms with E-state index in [0.717, 1.165) is 41.4 Å². The minimum Gasteiger partial charge on any atom is -0.352 e. The summed E-state index contributed by atoms with van der Waals surface area (Å²) >= 11 is 0. The number of carbonyl (C=O) groups is 1. The molecule has 1 amide bonds. The lowest BCUT2D eigenvalue weighted by atomic mass is 9.95. The smallest absolute Gasteiger partial charge is 0.331 e. The van der Waals surface area contributed by atoms with Gasteiger partial charge in [-0.15, -0.1) is 0 Å². The van der Waals surface area contributed by atoms with Crippen LogP contribution in [-0.4, -0.2) is 25.7 Å². The number of hydrogen-bond acceptors (Lipinski definition) is 3. The number of aromatic nitrogens is 3. The SMILES string of the molecule is Cn1c(=O)c2c(c(-c3ccccc3)cn2C)n(CC(=O)NC2CCCCC2)c1=O. The molecule has 0 spiro atoms. The van der Waals surface area contributed by atoms with Crippen LogP contribution in [0.2, 0.25) is 0 Å². The zero-order valence-corrected chi connectivity index (χ0v) is 16.9.